The number of halogens is 2. The van der Waals surface area contributed by atoms with E-state index in [2.05, 4.69) is 5.32 Å². The lowest BCUT2D eigenvalue weighted by Gasteiger charge is -2.14. The normalized spacial score (nSPS) is 10.6. The lowest BCUT2D eigenvalue weighted by atomic mass is 10.2. The predicted octanol–water partition coefficient (Wildman–Crippen LogP) is 4.69. The molecule has 0 aromatic heterocycles. The quantitative estimate of drug-likeness (QED) is 0.863. The average molecular weight is 294 g/mol. The van der Waals surface area contributed by atoms with Crippen LogP contribution in [0.15, 0.2) is 36.4 Å². The van der Waals surface area contributed by atoms with E-state index in [1.54, 1.807) is 30.3 Å². The molecule has 2 aromatic carbocycles. The van der Waals surface area contributed by atoms with Crippen molar-refractivity contribution >= 4 is 11.6 Å². The Kier molecular flexibility index (Phi) is 4.99. The minimum atomic E-state index is -0.384. The number of hydrogen-bond donors (Lipinski definition) is 1. The molecule has 0 atom stereocenters. The molecule has 0 amide bonds. The molecule has 0 unspecified atom stereocenters. The van der Waals surface area contributed by atoms with Crippen molar-refractivity contribution in [3.63, 3.8) is 0 Å². The average Bonchev–Trinajstić information content (AvgIpc) is 2.42. The summed E-state index contributed by atoms with van der Waals surface area (Å²) >= 11 is 6.19. The maximum Gasteiger partial charge on any atom is 0.165 e. The van der Waals surface area contributed by atoms with Crippen LogP contribution in [-0.2, 0) is 6.54 Å². The van der Waals surface area contributed by atoms with Crippen LogP contribution in [0.25, 0.3) is 0 Å². The minimum Gasteiger partial charge on any atom is -0.454 e. The van der Waals surface area contributed by atoms with Crippen LogP contribution in [0.4, 0.5) is 4.39 Å². The van der Waals surface area contributed by atoms with Gasteiger partial charge in [-0.2, -0.15) is 0 Å². The maximum absolute atomic E-state index is 13.8. The molecule has 0 aliphatic rings. The summed E-state index contributed by atoms with van der Waals surface area (Å²) < 4.78 is 19.5. The first-order chi connectivity index (χ1) is 9.61. The van der Waals surface area contributed by atoms with E-state index in [1.807, 2.05) is 13.8 Å². The third kappa shape index (κ3) is 3.50. The van der Waals surface area contributed by atoms with Crippen LogP contribution in [0, 0.1) is 12.7 Å². The fourth-order valence-electron chi connectivity index (χ4n) is 1.86. The molecule has 0 saturated carbocycles. The standard InChI is InChI=1S/C16H17ClFNO/c1-3-19-10-12-13(17)5-4-6-15(12)20-16-9-11(2)7-8-14(16)18/h4-9,19H,3,10H2,1-2H3. The molecule has 106 valence electrons. The molecule has 0 aliphatic carbocycles. The molecule has 1 N–H and O–H groups in total. The summed E-state index contributed by atoms with van der Waals surface area (Å²) in [6.45, 7) is 5.31. The van der Waals surface area contributed by atoms with Crippen molar-refractivity contribution < 1.29 is 9.13 Å². The molecule has 4 heteroatoms. The Morgan fingerprint density at radius 2 is 2.00 bits per heavy atom. The van der Waals surface area contributed by atoms with Gasteiger partial charge in [0.2, 0.25) is 0 Å². The van der Waals surface area contributed by atoms with E-state index in [0.29, 0.717) is 17.3 Å². The van der Waals surface area contributed by atoms with Gasteiger partial charge in [0.15, 0.2) is 11.6 Å². The highest BCUT2D eigenvalue weighted by molar-refractivity contribution is 6.31. The number of hydrogen-bond acceptors (Lipinski definition) is 2. The summed E-state index contributed by atoms with van der Waals surface area (Å²) in [6.07, 6.45) is 0. The summed E-state index contributed by atoms with van der Waals surface area (Å²) in [6, 6.07) is 10.2. The van der Waals surface area contributed by atoms with Gasteiger partial charge in [0.1, 0.15) is 5.75 Å². The Morgan fingerprint density at radius 1 is 1.20 bits per heavy atom. The van der Waals surface area contributed by atoms with Gasteiger partial charge >= 0.3 is 0 Å². The summed E-state index contributed by atoms with van der Waals surface area (Å²) in [7, 11) is 0. The van der Waals surface area contributed by atoms with E-state index in [0.717, 1.165) is 17.7 Å². The van der Waals surface area contributed by atoms with Gasteiger partial charge in [0, 0.05) is 17.1 Å². The lowest BCUT2D eigenvalue weighted by molar-refractivity contribution is 0.435. The van der Waals surface area contributed by atoms with Crippen LogP contribution in [0.2, 0.25) is 5.02 Å². The van der Waals surface area contributed by atoms with Crippen LogP contribution in [0.3, 0.4) is 0 Å². The molecule has 0 bridgehead atoms. The van der Waals surface area contributed by atoms with Gasteiger partial charge < -0.3 is 10.1 Å². The monoisotopic (exact) mass is 293 g/mol. The first-order valence-electron chi connectivity index (χ1n) is 6.54. The Bertz CT molecular complexity index is 601. The van der Waals surface area contributed by atoms with Gasteiger partial charge in [0.05, 0.1) is 0 Å². The number of rotatable bonds is 5. The summed E-state index contributed by atoms with van der Waals surface area (Å²) in [5, 5.41) is 3.81. The van der Waals surface area contributed by atoms with Crippen LogP contribution in [-0.4, -0.2) is 6.54 Å². The van der Waals surface area contributed by atoms with E-state index in [1.165, 1.54) is 6.07 Å². The Balaban J connectivity index is 2.33. The summed E-state index contributed by atoms with van der Waals surface area (Å²) in [5.41, 5.74) is 1.77. The number of nitrogens with one attached hydrogen (secondary N) is 1. The lowest BCUT2D eigenvalue weighted by Crippen LogP contribution is -2.13. The molecule has 2 aromatic rings. The van der Waals surface area contributed by atoms with E-state index in [9.17, 15) is 4.39 Å². The second-order valence-corrected chi connectivity index (χ2v) is 4.94. The molecular formula is C16H17ClFNO. The third-order valence-electron chi connectivity index (χ3n) is 2.93. The smallest absolute Gasteiger partial charge is 0.165 e. The summed E-state index contributed by atoms with van der Waals surface area (Å²) in [5.74, 6) is 0.401. The molecule has 0 radical (unpaired) electrons. The Labute approximate surface area is 123 Å². The van der Waals surface area contributed by atoms with Gasteiger partial charge in [-0.3, -0.25) is 0 Å². The zero-order valence-electron chi connectivity index (χ0n) is 11.5. The fourth-order valence-corrected chi connectivity index (χ4v) is 2.10. The molecule has 20 heavy (non-hydrogen) atoms. The topological polar surface area (TPSA) is 21.3 Å². The molecule has 2 rings (SSSR count). The molecule has 0 spiro atoms. The summed E-state index contributed by atoms with van der Waals surface area (Å²) in [4.78, 5) is 0. The van der Waals surface area contributed by atoms with Crippen molar-refractivity contribution in [2.75, 3.05) is 6.54 Å². The van der Waals surface area contributed by atoms with Gasteiger partial charge in [0.25, 0.3) is 0 Å². The van der Waals surface area contributed by atoms with Crippen LogP contribution < -0.4 is 10.1 Å². The highest BCUT2D eigenvalue weighted by Crippen LogP contribution is 2.32. The molecule has 0 saturated heterocycles. The first kappa shape index (κ1) is 14.8. The van der Waals surface area contributed by atoms with Crippen molar-refractivity contribution in [3.05, 3.63) is 58.4 Å². The van der Waals surface area contributed by atoms with Gasteiger partial charge in [-0.15, -0.1) is 0 Å². The van der Waals surface area contributed by atoms with Crippen LogP contribution in [0.5, 0.6) is 11.5 Å². The highest BCUT2D eigenvalue weighted by atomic mass is 35.5. The largest absolute Gasteiger partial charge is 0.454 e. The van der Waals surface area contributed by atoms with Gasteiger partial charge in [-0.25, -0.2) is 4.39 Å². The maximum atomic E-state index is 13.8. The van der Waals surface area contributed by atoms with Gasteiger partial charge in [-0.1, -0.05) is 30.7 Å². The Hall–Kier alpha value is -1.58. The molecule has 0 heterocycles. The number of ether oxygens (including phenoxy) is 1. The van der Waals surface area contributed by atoms with Crippen molar-refractivity contribution in [3.8, 4) is 11.5 Å². The van der Waals surface area contributed by atoms with E-state index < -0.39 is 0 Å². The van der Waals surface area contributed by atoms with Crippen LogP contribution in [0.1, 0.15) is 18.1 Å². The zero-order chi connectivity index (χ0) is 14.5. The SMILES string of the molecule is CCNCc1c(Cl)cccc1Oc1cc(C)ccc1F. The van der Waals surface area contributed by atoms with E-state index in [4.69, 9.17) is 16.3 Å². The second-order valence-electron chi connectivity index (χ2n) is 4.53. The van der Waals surface area contributed by atoms with Crippen molar-refractivity contribution in [1.82, 2.24) is 5.32 Å². The molecule has 2 nitrogen and oxygen atoms in total. The minimum absolute atomic E-state index is 0.213. The third-order valence-corrected chi connectivity index (χ3v) is 3.29. The predicted molar refractivity (Wildman–Crippen MR) is 80.0 cm³/mol. The Morgan fingerprint density at radius 3 is 2.75 bits per heavy atom. The molecule has 0 aliphatic heterocycles. The van der Waals surface area contributed by atoms with Crippen molar-refractivity contribution in [2.45, 2.75) is 20.4 Å². The van der Waals surface area contributed by atoms with E-state index >= 15 is 0 Å². The zero-order valence-corrected chi connectivity index (χ0v) is 12.3. The molecule has 0 fully saturated rings. The fraction of sp³-hybridized carbons (Fsp3) is 0.250. The van der Waals surface area contributed by atoms with Crippen LogP contribution >= 0.6 is 11.6 Å². The van der Waals surface area contributed by atoms with Crippen molar-refractivity contribution in [1.29, 1.82) is 0 Å². The highest BCUT2D eigenvalue weighted by Gasteiger charge is 2.11. The van der Waals surface area contributed by atoms with Crippen molar-refractivity contribution in [2.24, 2.45) is 0 Å². The number of benzene rings is 2. The van der Waals surface area contributed by atoms with Gasteiger partial charge in [-0.05, 0) is 43.3 Å². The molecular weight excluding hydrogens is 277 g/mol. The number of aryl methyl sites for hydroxylation is 1. The first-order valence-corrected chi connectivity index (χ1v) is 6.91. The second kappa shape index (κ2) is 6.73. The van der Waals surface area contributed by atoms with E-state index in [-0.39, 0.29) is 11.6 Å².